The van der Waals surface area contributed by atoms with Gasteiger partial charge in [-0.1, -0.05) is 263 Å². The van der Waals surface area contributed by atoms with Gasteiger partial charge in [0, 0.05) is 131 Å². The zero-order valence-electron chi connectivity index (χ0n) is 86.6. The molecule has 10 aromatic carbocycles. The highest BCUT2D eigenvalue weighted by Gasteiger charge is 2.19. The molecule has 0 bridgehead atoms. The maximum atomic E-state index is 11.0. The topological polar surface area (TPSA) is 544 Å². The molecule has 3 saturated carbocycles. The predicted molar refractivity (Wildman–Crippen MR) is 604 cm³/mol. The van der Waals surface area contributed by atoms with Gasteiger partial charge in [0.1, 0.15) is 11.5 Å². The minimum absolute atomic E-state index is 0.299. The number of likely N-dealkylation sites (tertiary alicyclic amines) is 1. The zero-order chi connectivity index (χ0) is 106. The third kappa shape index (κ3) is 61.7. The standard InChI is InChI=1S/C14H15N.C11H11N.C9H13NO2.C8H9Cl2N.C8H9NO2.C8H11NO.C7H8ClN.C7H14N2O.C7H15N.C7H9N.C6H8N2.C5H7NO.C5H11N.C4H9N.C4H11N.C3H9NO.CH5N/c15-11-14(12-7-3-1-4-8-12)13-9-5-2-6-10-13;12-8-10-6-3-5-9-4-1-2-7-11(9)10;1-11-8-4-3-7(6-10)5-9(8)12-2;9-7-2-1-6(3-4-11)8(10)5-7;9-4-6-1-2-7-8(3-6)11-5-10-7;1-10-8-4-2-7(6-9)3-5-8;8-7-3-1-6(5-9)2-4-7;8-4-2-6-9-5-1-3-7(9)10;2*8-6-7-4-2-1-3-5-7;7-5-6-1-3-8-4-2-6;6-4-5-2-1-3-7-5;6-5-3-1-2-4-5;5-4-2-1-3-4;1-4(2)3-5;1-5-3-2-4;1-2/h1-10,14H,11,15H2;1-7H,8,12H2;3-5H,6,10H2,1-2H3;1-2,5H,3-4,11H2;1-3H,4-5,9H2;2-5H,6,9H2,1H3;1-4H,5,9H2;1-6,8H2;7H,1-6,8H2;1-5H,6,8H2;1-4H,5,7H2;1-3H,4,6H2;5H,1-4,6H2;4H,1-3,5H2;4H,3,5H2,1-2H3;2-4H2,1H3;2H2,1H3. The number of methoxy groups -OCH3 is 4. The first-order valence-electron chi connectivity index (χ1n) is 49.6. The lowest BCUT2D eigenvalue weighted by molar-refractivity contribution is -0.127. The van der Waals surface area contributed by atoms with Crippen LogP contribution in [0, 0.1) is 11.8 Å². The summed E-state index contributed by atoms with van der Waals surface area (Å²) in [6.45, 7) is 15.8. The Hall–Kier alpha value is -10.5. The molecule has 1 amide bonds. The summed E-state index contributed by atoms with van der Waals surface area (Å²) in [4.78, 5) is 16.7. The Morgan fingerprint density at radius 2 is 0.917 bits per heavy atom. The van der Waals surface area contributed by atoms with Crippen molar-refractivity contribution in [1.82, 2.24) is 9.88 Å². The van der Waals surface area contributed by atoms with Gasteiger partial charge in [0.15, 0.2) is 23.0 Å². The number of aromatic nitrogens is 1. The van der Waals surface area contributed by atoms with E-state index in [9.17, 15) is 4.79 Å². The van der Waals surface area contributed by atoms with Crippen LogP contribution in [0.25, 0.3) is 10.8 Å². The number of benzene rings is 10. The third-order valence-electron chi connectivity index (χ3n) is 22.1. The molecule has 0 atom stereocenters. The van der Waals surface area contributed by atoms with Gasteiger partial charge in [0.25, 0.3) is 0 Å². The zero-order valence-corrected chi connectivity index (χ0v) is 88.9. The van der Waals surface area contributed by atoms with Crippen molar-refractivity contribution in [3.05, 3.63) is 356 Å². The Balaban J connectivity index is 0.000000773. The van der Waals surface area contributed by atoms with Crippen molar-refractivity contribution in [2.45, 2.75) is 187 Å². The number of carbonyl (C=O) groups excluding carboxylic acids is 1. The molecule has 17 rings (SSSR count). The van der Waals surface area contributed by atoms with Gasteiger partial charge in [-0.05, 0) is 254 Å². The number of amides is 1. The molecule has 34 N–H and O–H groups in total. The number of rotatable bonds is 23. The summed E-state index contributed by atoms with van der Waals surface area (Å²) in [6.07, 6.45) is 24.8. The molecule has 2 aliphatic heterocycles. The summed E-state index contributed by atoms with van der Waals surface area (Å²) in [5.41, 5.74) is 102. The van der Waals surface area contributed by atoms with E-state index in [0.29, 0.717) is 132 Å². The van der Waals surface area contributed by atoms with Crippen molar-refractivity contribution in [2.24, 2.45) is 109 Å². The Kier molecular flexibility index (Phi) is 80.2. The first-order chi connectivity index (χ1) is 70.0. The lowest BCUT2D eigenvalue weighted by Gasteiger charge is -2.18. The fraction of sp³-hybridized carbons (Fsp3) is 0.404. The van der Waals surface area contributed by atoms with E-state index in [4.69, 9.17) is 155 Å². The molecule has 144 heavy (non-hydrogen) atoms. The number of halogens is 3. The Bertz CT molecular complexity index is 4880. The molecule has 794 valence electrons. The average Bonchev–Trinajstić information content (AvgIpc) is 1.62. The minimum atomic E-state index is 0.299. The molecular formula is C114H174Cl3N19O8. The van der Waals surface area contributed by atoms with Crippen LogP contribution in [0.3, 0.4) is 0 Å². The molecule has 2 aromatic heterocycles. The second kappa shape index (κ2) is 87.9. The molecule has 1 saturated heterocycles. The number of carbonyl (C=O) groups is 1. The largest absolute Gasteiger partial charge is 0.497 e. The summed E-state index contributed by atoms with van der Waals surface area (Å²) in [6, 6.07) is 86.0. The maximum absolute atomic E-state index is 11.0. The highest BCUT2D eigenvalue weighted by atomic mass is 35.5. The van der Waals surface area contributed by atoms with Crippen LogP contribution in [0.2, 0.25) is 15.1 Å². The van der Waals surface area contributed by atoms with Gasteiger partial charge in [-0.15, -0.1) is 0 Å². The van der Waals surface area contributed by atoms with E-state index in [1.54, 1.807) is 53.2 Å². The van der Waals surface area contributed by atoms with E-state index in [1.165, 1.54) is 117 Å². The van der Waals surface area contributed by atoms with Crippen molar-refractivity contribution in [2.75, 3.05) is 101 Å². The summed E-state index contributed by atoms with van der Waals surface area (Å²) >= 11 is 17.2. The number of hydrogen-bond donors (Lipinski definition) is 17. The highest BCUT2D eigenvalue weighted by Crippen LogP contribution is 2.33. The Labute approximate surface area is 875 Å². The van der Waals surface area contributed by atoms with Crippen molar-refractivity contribution in [3.8, 4) is 28.7 Å². The van der Waals surface area contributed by atoms with E-state index < -0.39 is 0 Å². The first kappa shape index (κ1) is 132. The van der Waals surface area contributed by atoms with Crippen molar-refractivity contribution >= 4 is 51.5 Å². The lowest BCUT2D eigenvalue weighted by atomic mass is 9.90. The van der Waals surface area contributed by atoms with Crippen molar-refractivity contribution in [3.63, 3.8) is 0 Å². The molecule has 0 unspecified atom stereocenters. The number of nitrogens with two attached hydrogens (primary N) is 17. The molecule has 0 spiro atoms. The molecule has 3 aliphatic carbocycles. The van der Waals surface area contributed by atoms with Gasteiger partial charge in [-0.25, -0.2) is 0 Å². The van der Waals surface area contributed by atoms with Crippen LogP contribution in [0.5, 0.6) is 28.7 Å². The van der Waals surface area contributed by atoms with E-state index >= 15 is 0 Å². The van der Waals surface area contributed by atoms with E-state index in [-0.39, 0.29) is 0 Å². The Morgan fingerprint density at radius 3 is 1.33 bits per heavy atom. The number of pyridine rings is 1. The third-order valence-corrected chi connectivity index (χ3v) is 23.0. The molecule has 5 aliphatic rings. The van der Waals surface area contributed by atoms with Crippen LogP contribution >= 0.6 is 34.8 Å². The van der Waals surface area contributed by atoms with Crippen LogP contribution in [-0.2, 0) is 68.3 Å². The first-order valence-corrected chi connectivity index (χ1v) is 50.7. The van der Waals surface area contributed by atoms with Crippen LogP contribution in [0.15, 0.2) is 284 Å². The van der Waals surface area contributed by atoms with E-state index in [2.05, 4.69) is 102 Å². The predicted octanol–water partition coefficient (Wildman–Crippen LogP) is 17.6. The van der Waals surface area contributed by atoms with Crippen molar-refractivity contribution < 1.29 is 37.6 Å². The molecule has 27 nitrogen and oxygen atoms in total. The number of nitrogens with zero attached hydrogens (tertiary/aromatic N) is 2. The Morgan fingerprint density at radius 1 is 0.424 bits per heavy atom. The van der Waals surface area contributed by atoms with Crippen LogP contribution in [0.1, 0.15) is 177 Å². The fourth-order valence-corrected chi connectivity index (χ4v) is 14.0. The number of ether oxygens (including phenoxy) is 6. The minimum Gasteiger partial charge on any atom is -0.497 e. The molecule has 0 radical (unpaired) electrons. The second-order valence-corrected chi connectivity index (χ2v) is 34.7. The fourth-order valence-electron chi connectivity index (χ4n) is 13.4. The average molecular weight is 2050 g/mol. The van der Waals surface area contributed by atoms with E-state index in [0.717, 1.165) is 131 Å². The van der Waals surface area contributed by atoms with Gasteiger partial charge in [0.05, 0.1) is 40.7 Å². The smallest absolute Gasteiger partial charge is 0.231 e. The van der Waals surface area contributed by atoms with Crippen molar-refractivity contribution in [1.29, 1.82) is 0 Å². The number of hydrogen-bond acceptors (Lipinski definition) is 26. The van der Waals surface area contributed by atoms with Crippen LogP contribution in [0.4, 0.5) is 0 Å². The molecule has 30 heteroatoms. The summed E-state index contributed by atoms with van der Waals surface area (Å²) in [5, 5.41) is 4.65. The van der Waals surface area contributed by atoms with Crippen LogP contribution < -0.4 is 121 Å². The SMILES string of the molecule is CC(C)CN.CN.COCCN.COc1ccc(CN)cc1.COc1ccc(CN)cc1OC.NC1CCC1.NC1CCCC1.NCC(c1ccccc1)c1ccccc1.NCC1CCCCC1.NCCCN1CCCC1=O.NCCc1ccc(Cl)cc1Cl.NCc1ccc(Cl)cc1.NCc1ccc2c(c1)OCO2.NCc1cccc2ccccc12.NCc1ccccc1.NCc1ccco1.NCc1ccncc1. The number of fused-ring (bicyclic) bond motifs is 2. The monoisotopic (exact) mass is 2040 g/mol. The maximum Gasteiger partial charge on any atom is 0.231 e. The summed E-state index contributed by atoms with van der Waals surface area (Å²) < 4.78 is 34.9. The summed E-state index contributed by atoms with van der Waals surface area (Å²) in [5.74, 6) is 6.90. The lowest BCUT2D eigenvalue weighted by Crippen LogP contribution is -2.27. The van der Waals surface area contributed by atoms with E-state index in [1.807, 2.05) is 187 Å². The number of furan rings is 1. The molecule has 4 fully saturated rings. The quantitative estimate of drug-likeness (QED) is 0.0283. The summed E-state index contributed by atoms with van der Waals surface area (Å²) in [7, 11) is 8.00. The molecule has 12 aromatic rings. The highest BCUT2D eigenvalue weighted by molar-refractivity contribution is 6.35. The van der Waals surface area contributed by atoms with Gasteiger partial charge < -0.3 is 135 Å². The van der Waals surface area contributed by atoms with Crippen LogP contribution in [-0.4, -0.2) is 129 Å². The van der Waals surface area contributed by atoms with Gasteiger partial charge >= 0.3 is 0 Å². The second-order valence-electron chi connectivity index (χ2n) is 33.4. The molecule has 4 heterocycles. The van der Waals surface area contributed by atoms with Gasteiger partial charge in [-0.2, -0.15) is 0 Å². The van der Waals surface area contributed by atoms with Gasteiger partial charge in [0.2, 0.25) is 12.7 Å². The normalized spacial score (nSPS) is 12.5. The molecular weight excluding hydrogens is 1870 g/mol. The van der Waals surface area contributed by atoms with Gasteiger partial charge in [-0.3, -0.25) is 9.78 Å².